The van der Waals surface area contributed by atoms with E-state index in [1.807, 2.05) is 0 Å². The van der Waals surface area contributed by atoms with Gasteiger partial charge in [0.1, 0.15) is 13.2 Å². The zero-order valence-corrected chi connectivity index (χ0v) is 53.7. The maximum atomic E-state index is 12.9. The first-order valence-electron chi connectivity index (χ1n) is 34.0. The van der Waals surface area contributed by atoms with Gasteiger partial charge >= 0.3 is 17.9 Å². The molecule has 0 fully saturated rings. The monoisotopic (exact) mass is 1140 g/mol. The fourth-order valence-electron chi connectivity index (χ4n) is 8.97. The number of rotatable bonds is 60. The Kier molecular flexibility index (Phi) is 65.4. The quantitative estimate of drug-likeness (QED) is 0.0261. The summed E-state index contributed by atoms with van der Waals surface area (Å²) in [5.41, 5.74) is 0. The van der Waals surface area contributed by atoms with Gasteiger partial charge in [-0.15, -0.1) is 0 Å². The summed E-state index contributed by atoms with van der Waals surface area (Å²) < 4.78 is 16.9. The summed E-state index contributed by atoms with van der Waals surface area (Å²) in [5, 5.41) is 0. The SMILES string of the molecule is CC/C=C\C/C=C\C/C=C\C/C=C\C/C=C\C/C=C\CCCCCCC(=O)OC(COC(=O)CCCCCCC/C=C\C/C=C\CCCCC)COC(=O)CCCCCCCCCCCCC/C=C\C/C=C\C/C=C\C/C=C\C/C=C\CC. The van der Waals surface area contributed by atoms with Gasteiger partial charge in [0.15, 0.2) is 6.10 Å². The molecule has 468 valence electrons. The molecule has 1 atom stereocenters. The summed E-state index contributed by atoms with van der Waals surface area (Å²) in [7, 11) is 0. The third kappa shape index (κ3) is 67.7. The van der Waals surface area contributed by atoms with Crippen molar-refractivity contribution in [2.75, 3.05) is 13.2 Å². The maximum absolute atomic E-state index is 12.9. The number of carbonyl (C=O) groups is 3. The number of esters is 3. The predicted octanol–water partition coefficient (Wildman–Crippen LogP) is 23.7. The van der Waals surface area contributed by atoms with Crippen molar-refractivity contribution in [2.45, 2.75) is 297 Å². The Morgan fingerprint density at radius 2 is 0.470 bits per heavy atom. The van der Waals surface area contributed by atoms with E-state index in [2.05, 4.69) is 179 Å². The Balaban J connectivity index is 4.43. The molecule has 0 N–H and O–H groups in total. The normalized spacial score (nSPS) is 13.1. The van der Waals surface area contributed by atoms with Gasteiger partial charge in [0, 0.05) is 19.3 Å². The van der Waals surface area contributed by atoms with E-state index in [0.29, 0.717) is 12.8 Å². The first-order valence-corrected chi connectivity index (χ1v) is 34.0. The van der Waals surface area contributed by atoms with Crippen LogP contribution in [0.1, 0.15) is 290 Å². The molecule has 6 nitrogen and oxygen atoms in total. The van der Waals surface area contributed by atoms with Crippen molar-refractivity contribution in [1.82, 2.24) is 0 Å². The number of hydrogen-bond acceptors (Lipinski definition) is 6. The van der Waals surface area contributed by atoms with E-state index in [0.717, 1.165) is 167 Å². The van der Waals surface area contributed by atoms with Gasteiger partial charge in [-0.3, -0.25) is 14.4 Å². The van der Waals surface area contributed by atoms with Crippen LogP contribution in [0, 0.1) is 0 Å². The van der Waals surface area contributed by atoms with Crippen LogP contribution in [0.15, 0.2) is 158 Å². The average molecular weight is 1150 g/mol. The van der Waals surface area contributed by atoms with Gasteiger partial charge in [0.05, 0.1) is 0 Å². The standard InChI is InChI=1S/C77H124O6/c1-4-7-10-13-16-19-22-25-28-30-32-34-36-37-38-39-41-42-44-46-49-52-55-58-61-64-67-70-76(79)82-73-74(72-81-75(78)69-66-63-60-57-54-51-48-27-24-21-18-15-12-9-6-3)83-77(80)71-68-65-62-59-56-53-50-47-45-43-40-35-33-31-29-26-23-20-17-14-11-8-5-2/h7-8,10-11,16-21,25-29,32-35,37-38,43,45,48,50,53,74H,4-6,9,12-15,22-24,30-31,36,39-42,44,46-47,49,51-52,54-73H2,1-3H3/b10-7-,11-8-,19-16-,20-17-,21-18-,28-25-,29-26-,34-32-,35-33-,38-37-,45-43-,48-27-,53-50-. The molecule has 0 aliphatic carbocycles. The molecule has 0 heterocycles. The molecule has 0 aromatic rings. The summed E-state index contributed by atoms with van der Waals surface area (Å²) in [4.78, 5) is 38.4. The first-order chi connectivity index (χ1) is 41.0. The second-order valence-electron chi connectivity index (χ2n) is 22.0. The number of allylic oxidation sites excluding steroid dienone is 26. The van der Waals surface area contributed by atoms with Crippen LogP contribution in [-0.4, -0.2) is 37.2 Å². The Bertz CT molecular complexity index is 1840. The molecule has 0 aromatic heterocycles. The van der Waals surface area contributed by atoms with Gasteiger partial charge in [-0.2, -0.15) is 0 Å². The lowest BCUT2D eigenvalue weighted by molar-refractivity contribution is -0.167. The number of unbranched alkanes of at least 4 members (excludes halogenated alkanes) is 23. The second kappa shape index (κ2) is 69.5. The Morgan fingerprint density at radius 1 is 0.253 bits per heavy atom. The third-order valence-electron chi connectivity index (χ3n) is 14.0. The minimum atomic E-state index is -0.808. The van der Waals surface area contributed by atoms with Crippen LogP contribution in [0.3, 0.4) is 0 Å². The molecule has 0 saturated heterocycles. The van der Waals surface area contributed by atoms with E-state index in [4.69, 9.17) is 14.2 Å². The van der Waals surface area contributed by atoms with Crippen LogP contribution in [-0.2, 0) is 28.6 Å². The van der Waals surface area contributed by atoms with Crippen LogP contribution in [0.4, 0.5) is 0 Å². The molecule has 1 unspecified atom stereocenters. The van der Waals surface area contributed by atoms with Gasteiger partial charge in [-0.25, -0.2) is 0 Å². The Hall–Kier alpha value is -4.97. The largest absolute Gasteiger partial charge is 0.462 e. The number of hydrogen-bond donors (Lipinski definition) is 0. The molecule has 83 heavy (non-hydrogen) atoms. The number of ether oxygens (including phenoxy) is 3. The lowest BCUT2D eigenvalue weighted by Crippen LogP contribution is -2.30. The fourth-order valence-corrected chi connectivity index (χ4v) is 8.97. The third-order valence-corrected chi connectivity index (χ3v) is 14.0. The maximum Gasteiger partial charge on any atom is 0.306 e. The van der Waals surface area contributed by atoms with Gasteiger partial charge in [-0.05, 0) is 148 Å². The minimum Gasteiger partial charge on any atom is -0.462 e. The summed E-state index contributed by atoms with van der Waals surface area (Å²) in [6.45, 7) is 6.36. The second-order valence-corrected chi connectivity index (χ2v) is 22.0. The van der Waals surface area contributed by atoms with Crippen LogP contribution in [0.2, 0.25) is 0 Å². The Labute approximate surface area is 511 Å². The van der Waals surface area contributed by atoms with Gasteiger partial charge in [-0.1, -0.05) is 281 Å². The number of carbonyl (C=O) groups excluding carboxylic acids is 3. The summed E-state index contributed by atoms with van der Waals surface area (Å²) in [6, 6.07) is 0. The molecule has 6 heteroatoms. The highest BCUT2D eigenvalue weighted by atomic mass is 16.6. The molecule has 0 aromatic carbocycles. The smallest absolute Gasteiger partial charge is 0.306 e. The lowest BCUT2D eigenvalue weighted by atomic mass is 10.0. The zero-order valence-electron chi connectivity index (χ0n) is 53.7. The molecule has 0 aliphatic rings. The molecular weight excluding hydrogens is 1020 g/mol. The van der Waals surface area contributed by atoms with Crippen molar-refractivity contribution in [2.24, 2.45) is 0 Å². The zero-order chi connectivity index (χ0) is 59.9. The van der Waals surface area contributed by atoms with E-state index in [-0.39, 0.29) is 37.5 Å². The highest BCUT2D eigenvalue weighted by molar-refractivity contribution is 5.71. The van der Waals surface area contributed by atoms with Crippen molar-refractivity contribution in [3.05, 3.63) is 158 Å². The van der Waals surface area contributed by atoms with E-state index in [1.54, 1.807) is 0 Å². The molecule has 0 saturated carbocycles. The topological polar surface area (TPSA) is 78.9 Å². The molecule has 0 spiro atoms. The summed E-state index contributed by atoms with van der Waals surface area (Å²) in [5.74, 6) is -0.941. The first kappa shape index (κ1) is 78.0. The van der Waals surface area contributed by atoms with Crippen molar-refractivity contribution >= 4 is 17.9 Å². The summed E-state index contributed by atoms with van der Waals surface area (Å²) in [6.07, 6.45) is 101. The van der Waals surface area contributed by atoms with E-state index >= 15 is 0 Å². The van der Waals surface area contributed by atoms with Crippen LogP contribution < -0.4 is 0 Å². The Morgan fingerprint density at radius 3 is 0.735 bits per heavy atom. The van der Waals surface area contributed by atoms with Crippen LogP contribution >= 0.6 is 0 Å². The lowest BCUT2D eigenvalue weighted by Gasteiger charge is -2.18. The van der Waals surface area contributed by atoms with Gasteiger partial charge in [0.25, 0.3) is 0 Å². The highest BCUT2D eigenvalue weighted by Gasteiger charge is 2.19. The highest BCUT2D eigenvalue weighted by Crippen LogP contribution is 2.15. The molecule has 0 amide bonds. The van der Waals surface area contributed by atoms with Gasteiger partial charge < -0.3 is 14.2 Å². The summed E-state index contributed by atoms with van der Waals surface area (Å²) >= 11 is 0. The molecule has 0 aliphatic heterocycles. The van der Waals surface area contributed by atoms with Crippen LogP contribution in [0.25, 0.3) is 0 Å². The molecule has 0 radical (unpaired) electrons. The molecule has 0 bridgehead atoms. The van der Waals surface area contributed by atoms with Crippen molar-refractivity contribution in [1.29, 1.82) is 0 Å². The van der Waals surface area contributed by atoms with Crippen molar-refractivity contribution < 1.29 is 28.6 Å². The average Bonchev–Trinajstić information content (AvgIpc) is 3.49. The predicted molar refractivity (Wildman–Crippen MR) is 362 cm³/mol. The minimum absolute atomic E-state index is 0.100. The van der Waals surface area contributed by atoms with Gasteiger partial charge in [0.2, 0.25) is 0 Å². The molecule has 0 rings (SSSR count). The van der Waals surface area contributed by atoms with E-state index in [9.17, 15) is 14.4 Å². The van der Waals surface area contributed by atoms with Crippen LogP contribution in [0.5, 0.6) is 0 Å². The fraction of sp³-hybridized carbons (Fsp3) is 0.623. The van der Waals surface area contributed by atoms with E-state index < -0.39 is 6.10 Å². The van der Waals surface area contributed by atoms with Crippen molar-refractivity contribution in [3.63, 3.8) is 0 Å². The molecular formula is C77H124O6. The van der Waals surface area contributed by atoms with Crippen molar-refractivity contribution in [3.8, 4) is 0 Å². The van der Waals surface area contributed by atoms with E-state index in [1.165, 1.54) is 83.5 Å².